The minimum Gasteiger partial charge on any atom is -0.494 e. The Hall–Kier alpha value is -1.47. The van der Waals surface area contributed by atoms with Crippen LogP contribution in [0, 0.1) is 5.92 Å². The monoisotopic (exact) mass is 453 g/mol. The molecule has 5 nitrogen and oxygen atoms in total. The maximum atomic E-state index is 12.5. The van der Waals surface area contributed by atoms with E-state index in [1.165, 1.54) is 12.8 Å². The van der Waals surface area contributed by atoms with Gasteiger partial charge in [0.05, 0.1) is 12.3 Å². The molecule has 2 aromatic rings. The first-order valence-corrected chi connectivity index (χ1v) is 9.41. The molecule has 1 aliphatic carbocycles. The summed E-state index contributed by atoms with van der Waals surface area (Å²) in [5.74, 6) is 1.54. The van der Waals surface area contributed by atoms with Crippen LogP contribution in [0.2, 0.25) is 0 Å². The number of hydrogen-bond acceptors (Lipinski definition) is 4. The predicted octanol–water partition coefficient (Wildman–Crippen LogP) is 4.61. The Morgan fingerprint density at radius 1 is 1.29 bits per heavy atom. The minimum absolute atomic E-state index is 0.244. The van der Waals surface area contributed by atoms with Gasteiger partial charge in [0.15, 0.2) is 5.82 Å². The number of rotatable bonds is 6. The molecule has 1 fully saturated rings. The topological polar surface area (TPSA) is 64.1 Å². The predicted molar refractivity (Wildman–Crippen MR) is 99.4 cm³/mol. The quantitative estimate of drug-likeness (QED) is 0.692. The van der Waals surface area contributed by atoms with Crippen LogP contribution in [0.15, 0.2) is 33.5 Å². The molecule has 0 bridgehead atoms. The summed E-state index contributed by atoms with van der Waals surface area (Å²) in [6.45, 7) is 2.46. The highest BCUT2D eigenvalue weighted by molar-refractivity contribution is 9.11. The Kier molecular flexibility index (Phi) is 5.50. The zero-order chi connectivity index (χ0) is 17.1. The van der Waals surface area contributed by atoms with E-state index in [1.54, 1.807) is 18.2 Å². The highest BCUT2D eigenvalue weighted by Gasteiger charge is 2.24. The van der Waals surface area contributed by atoms with Crippen molar-refractivity contribution >= 4 is 43.6 Å². The van der Waals surface area contributed by atoms with Gasteiger partial charge in [0.2, 0.25) is 0 Å². The smallest absolute Gasteiger partial charge is 0.257 e. The van der Waals surface area contributed by atoms with Crippen LogP contribution < -0.4 is 10.1 Å². The third-order valence-electron chi connectivity index (χ3n) is 3.69. The van der Waals surface area contributed by atoms with E-state index in [9.17, 15) is 4.79 Å². The van der Waals surface area contributed by atoms with Gasteiger partial charge in [-0.05, 0) is 82.2 Å². The number of carbonyl (C=O) groups excluding carboxylic acids is 1. The van der Waals surface area contributed by atoms with Crippen molar-refractivity contribution in [3.05, 3.63) is 44.7 Å². The second kappa shape index (κ2) is 7.61. The molecular formula is C17H17Br2N3O2. The second-order valence-corrected chi connectivity index (χ2v) is 7.17. The molecule has 0 spiro atoms. The van der Waals surface area contributed by atoms with Gasteiger partial charge in [-0.15, -0.1) is 0 Å². The average Bonchev–Trinajstić information content (AvgIpc) is 3.36. The number of benzene rings is 1. The first-order chi connectivity index (χ1) is 11.6. The number of amides is 1. The van der Waals surface area contributed by atoms with Gasteiger partial charge in [0, 0.05) is 5.56 Å². The molecule has 0 radical (unpaired) electrons. The molecule has 0 atom stereocenters. The van der Waals surface area contributed by atoms with E-state index in [0.717, 1.165) is 16.7 Å². The van der Waals surface area contributed by atoms with Gasteiger partial charge >= 0.3 is 0 Å². The minimum atomic E-state index is -0.244. The summed E-state index contributed by atoms with van der Waals surface area (Å²) in [6.07, 6.45) is 3.34. The van der Waals surface area contributed by atoms with E-state index in [-0.39, 0.29) is 5.91 Å². The number of nitrogens with zero attached hydrogens (tertiary/aromatic N) is 2. The van der Waals surface area contributed by atoms with Crippen molar-refractivity contribution < 1.29 is 9.53 Å². The van der Waals surface area contributed by atoms with E-state index in [4.69, 9.17) is 4.74 Å². The Morgan fingerprint density at radius 3 is 2.79 bits per heavy atom. The van der Waals surface area contributed by atoms with Crippen LogP contribution in [0.1, 0.15) is 35.8 Å². The molecule has 1 aromatic carbocycles. The number of ether oxygens (including phenoxy) is 1. The van der Waals surface area contributed by atoms with E-state index >= 15 is 0 Å². The van der Waals surface area contributed by atoms with Crippen LogP contribution in [0.25, 0.3) is 0 Å². The largest absolute Gasteiger partial charge is 0.494 e. The molecular weight excluding hydrogens is 438 g/mol. The molecule has 0 saturated heterocycles. The Morgan fingerprint density at radius 2 is 2.08 bits per heavy atom. The summed E-state index contributed by atoms with van der Waals surface area (Å²) < 4.78 is 6.66. The SMILES string of the molecule is CCOc1cccc(C(=O)Nc2nc(CC3CC3)c(Br)nc2Br)c1. The van der Waals surface area contributed by atoms with Gasteiger partial charge in [-0.25, -0.2) is 9.97 Å². The molecule has 24 heavy (non-hydrogen) atoms. The van der Waals surface area contributed by atoms with Crippen LogP contribution in [-0.4, -0.2) is 22.5 Å². The lowest BCUT2D eigenvalue weighted by Gasteiger charge is -2.10. The standard InChI is InChI=1S/C17H17Br2N3O2/c1-2-24-12-5-3-4-11(9-12)17(23)22-16-15(19)21-14(18)13(20-16)8-10-6-7-10/h3-5,9-10H,2,6-8H2,1H3,(H,20,22,23). The van der Waals surface area contributed by atoms with Crippen LogP contribution in [0.3, 0.4) is 0 Å². The van der Waals surface area contributed by atoms with E-state index in [0.29, 0.717) is 34.3 Å². The normalized spacial score (nSPS) is 13.6. The summed E-state index contributed by atoms with van der Waals surface area (Å²) in [7, 11) is 0. The van der Waals surface area contributed by atoms with Gasteiger partial charge < -0.3 is 10.1 Å². The molecule has 0 aliphatic heterocycles. The fraction of sp³-hybridized carbons (Fsp3) is 0.353. The number of aromatic nitrogens is 2. The number of hydrogen-bond donors (Lipinski definition) is 1. The van der Waals surface area contributed by atoms with Crippen LogP contribution in [0.5, 0.6) is 5.75 Å². The lowest BCUT2D eigenvalue weighted by molar-refractivity contribution is 0.102. The molecule has 1 aliphatic rings. The molecule has 1 N–H and O–H groups in total. The van der Waals surface area contributed by atoms with Gasteiger partial charge in [-0.1, -0.05) is 6.07 Å². The van der Waals surface area contributed by atoms with Gasteiger partial charge in [-0.2, -0.15) is 0 Å². The van der Waals surface area contributed by atoms with E-state index in [1.807, 2.05) is 13.0 Å². The van der Waals surface area contributed by atoms with Crippen molar-refractivity contribution in [2.75, 3.05) is 11.9 Å². The van der Waals surface area contributed by atoms with Crippen LogP contribution >= 0.6 is 31.9 Å². The van der Waals surface area contributed by atoms with Crippen molar-refractivity contribution in [1.29, 1.82) is 0 Å². The third-order valence-corrected chi connectivity index (χ3v) is 4.88. The summed E-state index contributed by atoms with van der Waals surface area (Å²) in [4.78, 5) is 21.4. The van der Waals surface area contributed by atoms with Crippen LogP contribution in [0.4, 0.5) is 5.82 Å². The zero-order valence-electron chi connectivity index (χ0n) is 13.2. The third kappa shape index (κ3) is 4.33. The van der Waals surface area contributed by atoms with Gasteiger partial charge in [0.1, 0.15) is 15.0 Å². The maximum Gasteiger partial charge on any atom is 0.257 e. The molecule has 1 saturated carbocycles. The Balaban J connectivity index is 1.79. The number of anilines is 1. The van der Waals surface area contributed by atoms with Crippen molar-refractivity contribution in [3.63, 3.8) is 0 Å². The maximum absolute atomic E-state index is 12.5. The molecule has 3 rings (SSSR count). The first kappa shape index (κ1) is 17.4. The van der Waals surface area contributed by atoms with E-state index < -0.39 is 0 Å². The number of carbonyl (C=O) groups is 1. The van der Waals surface area contributed by atoms with Crippen LogP contribution in [-0.2, 0) is 6.42 Å². The summed E-state index contributed by atoms with van der Waals surface area (Å²) in [5.41, 5.74) is 1.39. The first-order valence-electron chi connectivity index (χ1n) is 7.83. The zero-order valence-corrected chi connectivity index (χ0v) is 16.4. The summed E-state index contributed by atoms with van der Waals surface area (Å²) in [5, 5.41) is 2.82. The number of halogens is 2. The molecule has 1 amide bonds. The Labute approximate surface area is 157 Å². The molecule has 0 unspecified atom stereocenters. The highest BCUT2D eigenvalue weighted by atomic mass is 79.9. The second-order valence-electron chi connectivity index (χ2n) is 5.66. The summed E-state index contributed by atoms with van der Waals surface area (Å²) >= 11 is 6.80. The van der Waals surface area contributed by atoms with Crippen molar-refractivity contribution in [1.82, 2.24) is 9.97 Å². The highest BCUT2D eigenvalue weighted by Crippen LogP contribution is 2.34. The van der Waals surface area contributed by atoms with Crippen molar-refractivity contribution in [3.8, 4) is 5.75 Å². The lowest BCUT2D eigenvalue weighted by Crippen LogP contribution is -2.15. The lowest BCUT2D eigenvalue weighted by atomic mass is 10.2. The van der Waals surface area contributed by atoms with Crippen molar-refractivity contribution in [2.45, 2.75) is 26.2 Å². The fourth-order valence-electron chi connectivity index (χ4n) is 2.31. The summed E-state index contributed by atoms with van der Waals surface area (Å²) in [6, 6.07) is 7.07. The molecule has 126 valence electrons. The fourth-order valence-corrected chi connectivity index (χ4v) is 3.34. The van der Waals surface area contributed by atoms with Crippen molar-refractivity contribution in [2.24, 2.45) is 5.92 Å². The van der Waals surface area contributed by atoms with E-state index in [2.05, 4.69) is 47.1 Å². The molecule has 1 aromatic heterocycles. The average molecular weight is 455 g/mol. The van der Waals surface area contributed by atoms with Gasteiger partial charge in [0.25, 0.3) is 5.91 Å². The van der Waals surface area contributed by atoms with Gasteiger partial charge in [-0.3, -0.25) is 4.79 Å². The molecule has 1 heterocycles. The molecule has 7 heteroatoms. The Bertz CT molecular complexity index is 763. The number of nitrogens with one attached hydrogen (secondary N) is 1.